The van der Waals surface area contributed by atoms with Gasteiger partial charge in [0.1, 0.15) is 0 Å². The largest absolute Gasteiger partial charge is 1.00 e. The third kappa shape index (κ3) is 64.1. The fraction of sp³-hybridized carbons (Fsp3) is 0.375. The van der Waals surface area contributed by atoms with Crippen molar-refractivity contribution in [1.29, 1.82) is 0 Å². The van der Waals surface area contributed by atoms with Crippen LogP contribution in [-0.2, 0) is 44.8 Å². The van der Waals surface area contributed by atoms with E-state index in [9.17, 15) is 0 Å². The molecule has 0 radical (unpaired) electrons. The average molecular weight is 1230 g/mol. The summed E-state index contributed by atoms with van der Waals surface area (Å²) in [6, 6.07) is 24.3. The second-order valence-corrected chi connectivity index (χ2v) is 19.4. The van der Waals surface area contributed by atoms with Crippen molar-refractivity contribution in [1.82, 2.24) is 19.9 Å². The van der Waals surface area contributed by atoms with Crippen LogP contribution < -0.4 is 37.3 Å². The predicted molar refractivity (Wildman–Crippen MR) is 210 cm³/mol. The quantitative estimate of drug-likeness (QED) is 0.0676. The standard InChI is InChI=1S/2C15H18N2S2.2CHCl3.2Ag.2ClHO4/c2*1(6-12-18-14-8-2-4-10-16-14)7-13-19-15-9-3-5-11-17-15;2*2-1(3)4;;;2*2-1(3,4)5/h2*2-5,8-11H,1,6-7,12-13H2;2*1H;;;2*(H,2,3,4,5)/q;;;;2*+1;;/p-2. The van der Waals surface area contributed by atoms with Crippen LogP contribution in [-0.4, -0.2) is 51.5 Å². The summed E-state index contributed by atoms with van der Waals surface area (Å²) in [4.78, 5) is 17.2. The van der Waals surface area contributed by atoms with E-state index in [1.807, 2.05) is 120 Å². The molecule has 0 spiro atoms. The first kappa shape index (κ1) is 66.1. The van der Waals surface area contributed by atoms with Gasteiger partial charge in [-0.25, -0.2) is 57.2 Å². The normalized spacial score (nSPS) is 10.2. The number of alkyl halides is 6. The second-order valence-electron chi connectivity index (χ2n) is 9.44. The smallest absolute Gasteiger partial charge is 0.250 e. The summed E-state index contributed by atoms with van der Waals surface area (Å²) >= 11 is 36.2. The molecule has 0 saturated carbocycles. The Morgan fingerprint density at radius 1 is 0.379 bits per heavy atom. The molecule has 0 atom stereocenters. The van der Waals surface area contributed by atoms with Gasteiger partial charge in [-0.3, -0.25) is 0 Å². The topological polar surface area (TPSA) is 236 Å². The fourth-order valence-corrected chi connectivity index (χ4v) is 6.67. The molecule has 26 heteroatoms. The molecule has 4 aromatic rings. The van der Waals surface area contributed by atoms with Crippen molar-refractivity contribution in [2.24, 2.45) is 0 Å². The summed E-state index contributed by atoms with van der Waals surface area (Å²) in [6.45, 7) is 0. The van der Waals surface area contributed by atoms with Crippen LogP contribution >= 0.6 is 117 Å². The number of thioether (sulfide) groups is 4. The van der Waals surface area contributed by atoms with Crippen LogP contribution in [0.1, 0.15) is 38.5 Å². The maximum Gasteiger partial charge on any atom is 1.00 e. The molecule has 0 aliphatic heterocycles. The van der Waals surface area contributed by atoms with Gasteiger partial charge < -0.3 is 0 Å². The monoisotopic (exact) mass is 1230 g/mol. The van der Waals surface area contributed by atoms with E-state index in [1.54, 1.807) is 0 Å². The van der Waals surface area contributed by atoms with Crippen molar-refractivity contribution in [2.45, 2.75) is 67.2 Å². The summed E-state index contributed by atoms with van der Waals surface area (Å²) < 4.78 is 66.4. The summed E-state index contributed by atoms with van der Waals surface area (Å²) in [6.07, 6.45) is 15.0. The zero-order chi connectivity index (χ0) is 42.5. The minimum Gasteiger partial charge on any atom is -0.250 e. The number of hydrogen-bond donors (Lipinski definition) is 0. The molecule has 0 bridgehead atoms. The first-order valence-electron chi connectivity index (χ1n) is 15.6. The minimum atomic E-state index is -4.94. The van der Waals surface area contributed by atoms with Gasteiger partial charge in [-0.15, -0.1) is 67.5 Å². The summed E-state index contributed by atoms with van der Waals surface area (Å²) in [7, 11) is -9.89. The van der Waals surface area contributed by atoms with Crippen LogP contribution in [0.15, 0.2) is 118 Å². The Kier molecular flexibility index (Phi) is 51.3. The van der Waals surface area contributed by atoms with Gasteiger partial charge in [0.05, 0.1) is 20.1 Å². The van der Waals surface area contributed by atoms with Gasteiger partial charge in [-0.2, -0.15) is 0 Å². The Morgan fingerprint density at radius 2 is 0.552 bits per heavy atom. The predicted octanol–water partition coefficient (Wildman–Crippen LogP) is 3.52. The van der Waals surface area contributed by atoms with Gasteiger partial charge in [0, 0.05) is 24.8 Å². The number of hydrogen-bond acceptors (Lipinski definition) is 16. The van der Waals surface area contributed by atoms with E-state index < -0.39 is 29.1 Å². The molecule has 0 unspecified atom stereocenters. The van der Waals surface area contributed by atoms with Crippen LogP contribution in [0.5, 0.6) is 0 Å². The number of nitrogens with zero attached hydrogens (tertiary/aromatic N) is 4. The zero-order valence-corrected chi connectivity index (χ0v) is 42.1. The Hall–Kier alpha value is 1.48. The Bertz CT molecular complexity index is 1210. The maximum atomic E-state index is 8.49. The molecule has 336 valence electrons. The molecular weight excluding hydrogens is 1200 g/mol. The van der Waals surface area contributed by atoms with Gasteiger partial charge in [0.25, 0.3) is 0 Å². The first-order valence-corrected chi connectivity index (χ1v) is 24.6. The zero-order valence-electron chi connectivity index (χ0n) is 29.8. The molecule has 58 heavy (non-hydrogen) atoms. The van der Waals surface area contributed by atoms with Crippen molar-refractivity contribution in [3.8, 4) is 0 Å². The SMILES string of the molecule is ClC(Cl)Cl.ClC(Cl)Cl.[Ag+].[Ag+].[O-][Cl+3]([O-])([O-])[O-].[O-][Cl+3]([O-])([O-])[O-].c1ccc(SCCCCCSc2ccccn2)nc1.c1ccc(SCCCCCSc2ccccn2)nc1. The Balaban J connectivity index is -0.000000348. The van der Waals surface area contributed by atoms with Crippen molar-refractivity contribution in [3.63, 3.8) is 0 Å². The fourth-order valence-electron chi connectivity index (χ4n) is 3.20. The van der Waals surface area contributed by atoms with Crippen LogP contribution in [0.4, 0.5) is 0 Å². The van der Waals surface area contributed by atoms with Crippen molar-refractivity contribution in [3.05, 3.63) is 97.6 Å². The number of unbranched alkanes of at least 4 members (excludes halogenated alkanes) is 4. The molecule has 4 aromatic heterocycles. The first-order chi connectivity index (χ1) is 26.4. The molecule has 12 nitrogen and oxygen atoms in total. The van der Waals surface area contributed by atoms with Crippen molar-refractivity contribution < 1.29 is 103 Å². The minimum absolute atomic E-state index is 0. The number of halogens is 8. The molecule has 4 heterocycles. The molecule has 4 rings (SSSR count). The van der Waals surface area contributed by atoms with E-state index in [0.717, 1.165) is 43.1 Å². The molecule has 0 saturated heterocycles. The maximum absolute atomic E-state index is 8.49. The number of aromatic nitrogens is 4. The van der Waals surface area contributed by atoms with E-state index in [4.69, 9.17) is 107 Å². The van der Waals surface area contributed by atoms with E-state index in [1.165, 1.54) is 38.5 Å². The van der Waals surface area contributed by atoms with E-state index in [2.05, 4.69) is 44.2 Å². The van der Waals surface area contributed by atoms with Gasteiger partial charge in [0.2, 0.25) is 0 Å². The van der Waals surface area contributed by atoms with Crippen LogP contribution in [0.2, 0.25) is 0 Å². The molecule has 0 aliphatic rings. The van der Waals surface area contributed by atoms with Crippen molar-refractivity contribution in [2.75, 3.05) is 23.0 Å². The van der Waals surface area contributed by atoms with E-state index >= 15 is 0 Å². The third-order valence-corrected chi connectivity index (χ3v) is 9.25. The van der Waals surface area contributed by atoms with Gasteiger partial charge in [-0.05, 0) is 97.2 Å². The summed E-state index contributed by atoms with van der Waals surface area (Å²) in [5.41, 5.74) is 0. The summed E-state index contributed by atoms with van der Waals surface area (Å²) in [5, 5.41) is 4.52. The van der Waals surface area contributed by atoms with E-state index in [-0.39, 0.29) is 44.8 Å². The second kappa shape index (κ2) is 45.1. The Labute approximate surface area is 422 Å². The third-order valence-electron chi connectivity index (χ3n) is 5.13. The molecule has 0 aromatic carbocycles. The van der Waals surface area contributed by atoms with Crippen LogP contribution in [0.25, 0.3) is 0 Å². The molecule has 0 fully saturated rings. The van der Waals surface area contributed by atoms with Gasteiger partial charge in [0.15, 0.2) is 8.59 Å². The average Bonchev–Trinajstić information content (AvgIpc) is 3.11. The summed E-state index contributed by atoms with van der Waals surface area (Å²) in [5.74, 6) is 4.63. The number of pyridine rings is 4. The number of rotatable bonds is 16. The molecule has 0 aliphatic carbocycles. The van der Waals surface area contributed by atoms with Crippen LogP contribution in [0.3, 0.4) is 0 Å². The molecule has 0 N–H and O–H groups in total. The molecule has 0 amide bonds. The van der Waals surface area contributed by atoms with Crippen molar-refractivity contribution >= 4 is 117 Å². The van der Waals surface area contributed by atoms with Crippen LogP contribution in [0, 0.1) is 20.5 Å². The van der Waals surface area contributed by atoms with E-state index in [0.29, 0.717) is 0 Å². The van der Waals surface area contributed by atoms with Gasteiger partial charge >= 0.3 is 44.8 Å². The molecular formula is C32H38Ag2Cl8N4O8S4. The van der Waals surface area contributed by atoms with Gasteiger partial charge in [-0.1, -0.05) is 107 Å². The Morgan fingerprint density at radius 3 is 0.690 bits per heavy atom.